The molecule has 2 aromatic rings. The third-order valence-corrected chi connectivity index (χ3v) is 3.91. The Morgan fingerprint density at radius 3 is 2.47 bits per heavy atom. The van der Waals surface area contributed by atoms with Crippen LogP contribution in [0.5, 0.6) is 0 Å². The highest BCUT2D eigenvalue weighted by Gasteiger charge is 2.05. The van der Waals surface area contributed by atoms with Crippen molar-refractivity contribution in [2.45, 2.75) is 13.8 Å². The summed E-state index contributed by atoms with van der Waals surface area (Å²) < 4.78 is 0.703. The lowest BCUT2D eigenvalue weighted by atomic mass is 10.1. The maximum atomic E-state index is 11.9. The number of hydrogen-bond acceptors (Lipinski definition) is 3. The molecular formula is C14H13ClN2OS. The maximum absolute atomic E-state index is 11.9. The molecule has 1 aromatic carbocycles. The number of nitrogens with zero attached hydrogens (tertiary/aromatic N) is 1. The monoisotopic (exact) mass is 292 g/mol. The van der Waals surface area contributed by atoms with Gasteiger partial charge in [0.25, 0.3) is 5.91 Å². The molecule has 0 atom stereocenters. The first-order valence-electron chi connectivity index (χ1n) is 5.73. The van der Waals surface area contributed by atoms with Gasteiger partial charge in [0.15, 0.2) is 0 Å². The second-order valence-corrected chi connectivity index (χ2v) is 5.82. The average Bonchev–Trinajstić information content (AvgIpc) is 2.83. The molecule has 0 spiro atoms. The van der Waals surface area contributed by atoms with Crippen LogP contribution in [0.2, 0.25) is 4.34 Å². The van der Waals surface area contributed by atoms with Crippen LogP contribution in [0.15, 0.2) is 41.5 Å². The Kier molecular flexibility index (Phi) is 4.35. The van der Waals surface area contributed by atoms with Crippen molar-refractivity contribution < 1.29 is 4.79 Å². The van der Waals surface area contributed by atoms with E-state index in [0.29, 0.717) is 9.90 Å². The van der Waals surface area contributed by atoms with Gasteiger partial charge in [-0.2, -0.15) is 5.10 Å². The summed E-state index contributed by atoms with van der Waals surface area (Å²) in [5.41, 5.74) is 4.98. The van der Waals surface area contributed by atoms with Gasteiger partial charge >= 0.3 is 0 Å². The van der Waals surface area contributed by atoms with E-state index in [2.05, 4.69) is 10.5 Å². The van der Waals surface area contributed by atoms with Crippen LogP contribution in [-0.4, -0.2) is 11.6 Å². The Morgan fingerprint density at radius 2 is 1.89 bits per heavy atom. The molecular weight excluding hydrogens is 280 g/mol. The molecule has 0 saturated carbocycles. The zero-order valence-corrected chi connectivity index (χ0v) is 12.2. The molecule has 1 N–H and O–H groups in total. The van der Waals surface area contributed by atoms with Crippen LogP contribution in [-0.2, 0) is 0 Å². The predicted molar refractivity (Wildman–Crippen MR) is 80.2 cm³/mol. The van der Waals surface area contributed by atoms with E-state index in [-0.39, 0.29) is 5.91 Å². The largest absolute Gasteiger partial charge is 0.271 e. The quantitative estimate of drug-likeness (QED) is 0.677. The smallest absolute Gasteiger partial charge is 0.267 e. The van der Waals surface area contributed by atoms with E-state index in [1.165, 1.54) is 11.3 Å². The van der Waals surface area contributed by atoms with Crippen LogP contribution in [0.3, 0.4) is 0 Å². The molecule has 0 aliphatic carbocycles. The fourth-order valence-electron chi connectivity index (χ4n) is 1.47. The summed E-state index contributed by atoms with van der Waals surface area (Å²) in [5, 5.41) is 4.08. The SMILES string of the molecule is C/C(=N\NC(=O)c1ccc(C)cc1)c1ccc(Cl)s1. The Balaban J connectivity index is 2.05. The number of nitrogens with one attached hydrogen (secondary N) is 1. The molecule has 98 valence electrons. The van der Waals surface area contributed by atoms with Crippen molar-refractivity contribution in [3.63, 3.8) is 0 Å². The Morgan fingerprint density at radius 1 is 1.21 bits per heavy atom. The molecule has 1 amide bonds. The fourth-order valence-corrected chi connectivity index (χ4v) is 2.46. The summed E-state index contributed by atoms with van der Waals surface area (Å²) in [6, 6.07) is 11.0. The van der Waals surface area contributed by atoms with Gasteiger partial charge in [-0.3, -0.25) is 4.79 Å². The number of carbonyl (C=O) groups excluding carboxylic acids is 1. The number of hydrogen-bond donors (Lipinski definition) is 1. The number of rotatable bonds is 3. The minimum atomic E-state index is -0.220. The summed E-state index contributed by atoms with van der Waals surface area (Å²) in [7, 11) is 0. The Bertz CT molecular complexity index is 617. The Hall–Kier alpha value is -1.65. The number of amides is 1. The fraction of sp³-hybridized carbons (Fsp3) is 0.143. The average molecular weight is 293 g/mol. The van der Waals surface area contributed by atoms with Crippen LogP contribution in [0.25, 0.3) is 0 Å². The highest BCUT2D eigenvalue weighted by Crippen LogP contribution is 2.21. The topological polar surface area (TPSA) is 41.5 Å². The van der Waals surface area contributed by atoms with E-state index in [1.807, 2.05) is 38.1 Å². The minimum Gasteiger partial charge on any atom is -0.267 e. The molecule has 5 heteroatoms. The van der Waals surface area contributed by atoms with Crippen molar-refractivity contribution in [2.75, 3.05) is 0 Å². The van der Waals surface area contributed by atoms with Gasteiger partial charge in [-0.15, -0.1) is 11.3 Å². The van der Waals surface area contributed by atoms with Crippen LogP contribution in [0.1, 0.15) is 27.7 Å². The molecule has 0 aliphatic rings. The van der Waals surface area contributed by atoms with Gasteiger partial charge in [0.2, 0.25) is 0 Å². The molecule has 2 rings (SSSR count). The maximum Gasteiger partial charge on any atom is 0.271 e. The number of benzene rings is 1. The molecule has 0 radical (unpaired) electrons. The molecule has 0 saturated heterocycles. The van der Waals surface area contributed by atoms with Gasteiger partial charge in [-0.25, -0.2) is 5.43 Å². The number of aryl methyl sites for hydroxylation is 1. The molecule has 19 heavy (non-hydrogen) atoms. The summed E-state index contributed by atoms with van der Waals surface area (Å²) in [6.45, 7) is 3.81. The van der Waals surface area contributed by atoms with Crippen molar-refractivity contribution >= 4 is 34.6 Å². The lowest BCUT2D eigenvalue weighted by Crippen LogP contribution is -2.19. The number of hydrazone groups is 1. The Labute approximate surface area is 120 Å². The van der Waals surface area contributed by atoms with Gasteiger partial charge in [0.1, 0.15) is 0 Å². The summed E-state index contributed by atoms with van der Waals surface area (Å²) >= 11 is 7.28. The molecule has 3 nitrogen and oxygen atoms in total. The first-order valence-corrected chi connectivity index (χ1v) is 6.93. The van der Waals surface area contributed by atoms with E-state index in [9.17, 15) is 4.79 Å². The van der Waals surface area contributed by atoms with Crippen LogP contribution in [0.4, 0.5) is 0 Å². The lowest BCUT2D eigenvalue weighted by molar-refractivity contribution is 0.0955. The first-order chi connectivity index (χ1) is 9.06. The van der Waals surface area contributed by atoms with Crippen molar-refractivity contribution in [1.82, 2.24) is 5.43 Å². The van der Waals surface area contributed by atoms with Crippen molar-refractivity contribution in [3.8, 4) is 0 Å². The zero-order valence-electron chi connectivity index (χ0n) is 10.6. The molecule has 0 bridgehead atoms. The number of carbonyl (C=O) groups is 1. The van der Waals surface area contributed by atoms with E-state index in [4.69, 9.17) is 11.6 Å². The van der Waals surface area contributed by atoms with Gasteiger partial charge in [-0.05, 0) is 38.1 Å². The van der Waals surface area contributed by atoms with Gasteiger partial charge in [0.05, 0.1) is 14.9 Å². The highest BCUT2D eigenvalue weighted by atomic mass is 35.5. The third kappa shape index (κ3) is 3.66. The second-order valence-electron chi connectivity index (χ2n) is 4.11. The van der Waals surface area contributed by atoms with Crippen LogP contribution >= 0.6 is 22.9 Å². The van der Waals surface area contributed by atoms with Gasteiger partial charge in [-0.1, -0.05) is 29.3 Å². The molecule has 1 aromatic heterocycles. The first kappa shape index (κ1) is 13.8. The van der Waals surface area contributed by atoms with Crippen molar-refractivity contribution in [2.24, 2.45) is 5.10 Å². The zero-order chi connectivity index (χ0) is 13.8. The van der Waals surface area contributed by atoms with Crippen molar-refractivity contribution in [1.29, 1.82) is 0 Å². The number of halogens is 1. The van der Waals surface area contributed by atoms with Crippen LogP contribution < -0.4 is 5.43 Å². The van der Waals surface area contributed by atoms with E-state index in [0.717, 1.165) is 16.2 Å². The summed E-state index contributed by atoms with van der Waals surface area (Å²) in [4.78, 5) is 12.8. The van der Waals surface area contributed by atoms with Gasteiger partial charge < -0.3 is 0 Å². The third-order valence-electron chi connectivity index (χ3n) is 2.57. The highest BCUT2D eigenvalue weighted by molar-refractivity contribution is 7.18. The molecule has 0 aliphatic heterocycles. The standard InChI is InChI=1S/C14H13ClN2OS/c1-9-3-5-11(6-4-9)14(18)17-16-10(2)12-7-8-13(15)19-12/h3-8H,1-2H3,(H,17,18)/b16-10+. The molecule has 1 heterocycles. The van der Waals surface area contributed by atoms with E-state index >= 15 is 0 Å². The van der Waals surface area contributed by atoms with E-state index < -0.39 is 0 Å². The lowest BCUT2D eigenvalue weighted by Gasteiger charge is -2.01. The van der Waals surface area contributed by atoms with Crippen LogP contribution in [0, 0.1) is 6.92 Å². The molecule has 0 unspecified atom stereocenters. The predicted octanol–water partition coefficient (Wildman–Crippen LogP) is 3.86. The summed E-state index contributed by atoms with van der Waals surface area (Å²) in [5.74, 6) is -0.220. The molecule has 0 fully saturated rings. The van der Waals surface area contributed by atoms with Crippen molar-refractivity contribution in [3.05, 3.63) is 56.7 Å². The minimum absolute atomic E-state index is 0.220. The van der Waals surface area contributed by atoms with Gasteiger partial charge in [0, 0.05) is 5.56 Å². The van der Waals surface area contributed by atoms with E-state index in [1.54, 1.807) is 12.1 Å². The normalized spacial score (nSPS) is 11.4. The summed E-state index contributed by atoms with van der Waals surface area (Å²) in [6.07, 6.45) is 0. The number of thiophene rings is 1. The second kappa shape index (κ2) is 5.99.